The Bertz CT molecular complexity index is 407. The van der Waals surface area contributed by atoms with Crippen molar-refractivity contribution in [3.8, 4) is 5.75 Å². The quantitative estimate of drug-likeness (QED) is 0.700. The Morgan fingerprint density at radius 3 is 2.63 bits per heavy atom. The number of rotatable bonds is 9. The van der Waals surface area contributed by atoms with Crippen LogP contribution in [0.2, 0.25) is 0 Å². The third kappa shape index (κ3) is 5.83. The van der Waals surface area contributed by atoms with Crippen molar-refractivity contribution in [3.05, 3.63) is 29.6 Å². The van der Waals surface area contributed by atoms with Crippen molar-refractivity contribution in [2.24, 2.45) is 5.73 Å². The maximum absolute atomic E-state index is 13.4. The normalized spacial score (nSPS) is 10.5. The summed E-state index contributed by atoms with van der Waals surface area (Å²) in [6.07, 6.45) is 4.84. The molecule has 1 aromatic carbocycles. The number of methoxy groups -OCH3 is 1. The fraction of sp³-hybridized carbons (Fsp3) is 0.533. The summed E-state index contributed by atoms with van der Waals surface area (Å²) >= 11 is 0. The van der Waals surface area contributed by atoms with Crippen LogP contribution in [0.25, 0.3) is 0 Å². The molecule has 0 atom stereocenters. The highest BCUT2D eigenvalue weighted by Gasteiger charge is 2.07. The van der Waals surface area contributed by atoms with Crippen LogP contribution in [-0.2, 0) is 11.2 Å². The molecule has 0 fully saturated rings. The lowest BCUT2D eigenvalue weighted by Crippen LogP contribution is -2.03. The number of ether oxygens (including phenoxy) is 1. The zero-order chi connectivity index (χ0) is 14.1. The highest BCUT2D eigenvalue weighted by molar-refractivity contribution is 5.80. The van der Waals surface area contributed by atoms with Crippen molar-refractivity contribution in [3.63, 3.8) is 0 Å². The van der Waals surface area contributed by atoms with E-state index in [2.05, 4.69) is 0 Å². The number of hydrogen-bond acceptors (Lipinski definition) is 3. The van der Waals surface area contributed by atoms with Gasteiger partial charge >= 0.3 is 0 Å². The van der Waals surface area contributed by atoms with Crippen LogP contribution in [-0.4, -0.2) is 19.4 Å². The van der Waals surface area contributed by atoms with Gasteiger partial charge in [-0.15, -0.1) is 0 Å². The summed E-state index contributed by atoms with van der Waals surface area (Å²) in [6.45, 7) is 0.707. The topological polar surface area (TPSA) is 52.3 Å². The van der Waals surface area contributed by atoms with Gasteiger partial charge in [-0.2, -0.15) is 0 Å². The Morgan fingerprint density at radius 2 is 2.00 bits per heavy atom. The Morgan fingerprint density at radius 1 is 1.26 bits per heavy atom. The van der Waals surface area contributed by atoms with Crippen molar-refractivity contribution in [2.45, 2.75) is 38.5 Å². The number of halogens is 1. The molecule has 4 heteroatoms. The van der Waals surface area contributed by atoms with Crippen LogP contribution in [0, 0.1) is 5.82 Å². The third-order valence-corrected chi connectivity index (χ3v) is 3.03. The number of Topliss-reactive ketones (excluding diaryl/α,β-unsaturated/α-hetero) is 1. The van der Waals surface area contributed by atoms with Crippen molar-refractivity contribution in [2.75, 3.05) is 13.7 Å². The highest BCUT2D eigenvalue weighted by atomic mass is 19.1. The first-order chi connectivity index (χ1) is 9.17. The summed E-state index contributed by atoms with van der Waals surface area (Å²) < 4.78 is 18.3. The second-order valence-electron chi connectivity index (χ2n) is 4.64. The van der Waals surface area contributed by atoms with Crippen LogP contribution in [0.5, 0.6) is 5.75 Å². The first kappa shape index (κ1) is 15.6. The zero-order valence-corrected chi connectivity index (χ0v) is 11.5. The maximum Gasteiger partial charge on any atom is 0.165 e. The number of carbonyl (C=O) groups is 1. The van der Waals surface area contributed by atoms with Gasteiger partial charge in [-0.3, -0.25) is 4.79 Å². The Labute approximate surface area is 113 Å². The minimum atomic E-state index is -0.421. The molecule has 2 N–H and O–H groups in total. The molecule has 0 spiro atoms. The maximum atomic E-state index is 13.4. The standard InChI is InChI=1S/C15H22FNO2/c1-19-15-8-7-12(11-14(15)16)10-13(18)6-4-2-3-5-9-17/h7-8,11H,2-6,9-10,17H2,1H3. The number of hydrogen-bond donors (Lipinski definition) is 1. The predicted octanol–water partition coefficient (Wildman–Crippen LogP) is 2.86. The van der Waals surface area contributed by atoms with Crippen molar-refractivity contribution >= 4 is 5.78 Å². The highest BCUT2D eigenvalue weighted by Crippen LogP contribution is 2.18. The van der Waals surface area contributed by atoms with Gasteiger partial charge in [0.05, 0.1) is 7.11 Å². The van der Waals surface area contributed by atoms with Gasteiger partial charge in [0.1, 0.15) is 5.78 Å². The lowest BCUT2D eigenvalue weighted by atomic mass is 10.0. The second-order valence-corrected chi connectivity index (χ2v) is 4.64. The second kappa shape index (κ2) is 8.64. The summed E-state index contributed by atoms with van der Waals surface area (Å²) in [6, 6.07) is 4.65. The van der Waals surface area contributed by atoms with Crippen molar-refractivity contribution in [1.29, 1.82) is 0 Å². The minimum Gasteiger partial charge on any atom is -0.494 e. The van der Waals surface area contributed by atoms with Crippen LogP contribution >= 0.6 is 0 Å². The van der Waals surface area contributed by atoms with Crippen LogP contribution in [0.3, 0.4) is 0 Å². The molecule has 1 aromatic rings. The molecule has 0 amide bonds. The number of unbranched alkanes of at least 4 members (excludes halogenated alkanes) is 3. The number of carbonyl (C=O) groups excluding carboxylic acids is 1. The molecule has 0 bridgehead atoms. The molecule has 1 rings (SSSR count). The van der Waals surface area contributed by atoms with Gasteiger partial charge in [-0.05, 0) is 37.1 Å². The minimum absolute atomic E-state index is 0.150. The first-order valence-electron chi connectivity index (χ1n) is 6.71. The molecule has 0 unspecified atom stereocenters. The number of benzene rings is 1. The zero-order valence-electron chi connectivity index (χ0n) is 11.5. The number of ketones is 1. The summed E-state index contributed by atoms with van der Waals surface area (Å²) in [5.41, 5.74) is 6.10. The van der Waals surface area contributed by atoms with Crippen LogP contribution in [0.4, 0.5) is 4.39 Å². The van der Waals surface area contributed by atoms with Crippen LogP contribution in [0.1, 0.15) is 37.7 Å². The molecule has 106 valence electrons. The Balaban J connectivity index is 2.34. The summed E-state index contributed by atoms with van der Waals surface area (Å²) in [7, 11) is 1.42. The smallest absolute Gasteiger partial charge is 0.165 e. The van der Waals surface area contributed by atoms with Gasteiger partial charge in [-0.1, -0.05) is 18.9 Å². The first-order valence-corrected chi connectivity index (χ1v) is 6.71. The number of nitrogens with two attached hydrogens (primary N) is 1. The van der Waals surface area contributed by atoms with Gasteiger partial charge < -0.3 is 10.5 Å². The molecule has 0 saturated carbocycles. The van der Waals surface area contributed by atoms with E-state index >= 15 is 0 Å². The predicted molar refractivity (Wildman–Crippen MR) is 73.8 cm³/mol. The molecule has 0 saturated heterocycles. The third-order valence-electron chi connectivity index (χ3n) is 3.03. The van der Waals surface area contributed by atoms with E-state index in [1.165, 1.54) is 13.2 Å². The van der Waals surface area contributed by atoms with Gasteiger partial charge in [-0.25, -0.2) is 4.39 Å². The summed E-state index contributed by atoms with van der Waals surface area (Å²) in [4.78, 5) is 11.7. The van der Waals surface area contributed by atoms with E-state index in [4.69, 9.17) is 10.5 Å². The van der Waals surface area contributed by atoms with E-state index in [0.29, 0.717) is 18.5 Å². The largest absolute Gasteiger partial charge is 0.494 e. The molecule has 0 radical (unpaired) electrons. The van der Waals surface area contributed by atoms with Crippen molar-refractivity contribution in [1.82, 2.24) is 0 Å². The Hall–Kier alpha value is -1.42. The van der Waals surface area contributed by atoms with Gasteiger partial charge in [0.25, 0.3) is 0 Å². The van der Waals surface area contributed by atoms with E-state index in [1.807, 2.05) is 0 Å². The van der Waals surface area contributed by atoms with Gasteiger partial charge in [0.15, 0.2) is 11.6 Å². The molecular weight excluding hydrogens is 245 g/mol. The lowest BCUT2D eigenvalue weighted by molar-refractivity contribution is -0.118. The van der Waals surface area contributed by atoms with Crippen LogP contribution < -0.4 is 10.5 Å². The molecule has 0 aliphatic rings. The van der Waals surface area contributed by atoms with E-state index in [0.717, 1.165) is 25.7 Å². The molecule has 3 nitrogen and oxygen atoms in total. The fourth-order valence-electron chi connectivity index (χ4n) is 1.96. The average Bonchev–Trinajstić information content (AvgIpc) is 2.39. The van der Waals surface area contributed by atoms with Gasteiger partial charge in [0.2, 0.25) is 0 Å². The molecule has 19 heavy (non-hydrogen) atoms. The van der Waals surface area contributed by atoms with Gasteiger partial charge in [0, 0.05) is 12.8 Å². The average molecular weight is 267 g/mol. The van der Waals surface area contributed by atoms with E-state index < -0.39 is 5.82 Å². The molecule has 0 aliphatic heterocycles. The Kier molecular flexibility index (Phi) is 7.11. The van der Waals surface area contributed by atoms with E-state index in [-0.39, 0.29) is 18.0 Å². The molecule has 0 aromatic heterocycles. The SMILES string of the molecule is COc1ccc(CC(=O)CCCCCCN)cc1F. The molecular formula is C15H22FNO2. The van der Waals surface area contributed by atoms with E-state index in [1.54, 1.807) is 12.1 Å². The lowest BCUT2D eigenvalue weighted by Gasteiger charge is -2.05. The van der Waals surface area contributed by atoms with E-state index in [9.17, 15) is 9.18 Å². The summed E-state index contributed by atoms with van der Waals surface area (Å²) in [5, 5.41) is 0. The summed E-state index contributed by atoms with van der Waals surface area (Å²) in [5.74, 6) is -0.0638. The van der Waals surface area contributed by atoms with Crippen molar-refractivity contribution < 1.29 is 13.9 Å². The monoisotopic (exact) mass is 267 g/mol. The molecule has 0 heterocycles. The molecule has 0 aliphatic carbocycles. The fourth-order valence-corrected chi connectivity index (χ4v) is 1.96. The van der Waals surface area contributed by atoms with Crippen LogP contribution in [0.15, 0.2) is 18.2 Å².